The molecule has 0 aliphatic rings. The van der Waals surface area contributed by atoms with E-state index in [2.05, 4.69) is 10.1 Å². The van der Waals surface area contributed by atoms with Crippen LogP contribution in [0.15, 0.2) is 22.5 Å². The first kappa shape index (κ1) is 15.4. The lowest BCUT2D eigenvalue weighted by Crippen LogP contribution is -2.29. The molecule has 0 aromatic carbocycles. The Morgan fingerprint density at radius 1 is 1.43 bits per heavy atom. The van der Waals surface area contributed by atoms with Gasteiger partial charge in [-0.05, 0) is 19.9 Å². The average Bonchev–Trinajstić information content (AvgIpc) is 2.96. The third kappa shape index (κ3) is 3.37. The minimum absolute atomic E-state index is 0.0287. The minimum Gasteiger partial charge on any atom is -0.271 e. The zero-order chi connectivity index (χ0) is 15.6. The lowest BCUT2D eigenvalue weighted by molar-refractivity contribution is -0.114. The highest BCUT2D eigenvalue weighted by atomic mass is 32.2. The molecule has 7 nitrogen and oxygen atoms in total. The first-order valence-electron chi connectivity index (χ1n) is 5.96. The zero-order valence-electron chi connectivity index (χ0n) is 11.7. The summed E-state index contributed by atoms with van der Waals surface area (Å²) in [5.74, 6) is -0.729. The molecule has 0 atom stereocenters. The van der Waals surface area contributed by atoms with Crippen LogP contribution >= 0.6 is 11.3 Å². The van der Waals surface area contributed by atoms with Gasteiger partial charge < -0.3 is 0 Å². The number of nitrogens with one attached hydrogen (secondary N) is 1. The SMILES string of the molecule is Cc1nn(C)c(C)c1S(=O)(=O)NC(=O)/C=C\c1nccs1. The number of sulfonamides is 1. The van der Waals surface area contributed by atoms with E-state index in [0.717, 1.165) is 6.08 Å². The molecule has 0 aliphatic heterocycles. The van der Waals surface area contributed by atoms with Gasteiger partial charge in [-0.15, -0.1) is 11.3 Å². The van der Waals surface area contributed by atoms with E-state index in [-0.39, 0.29) is 4.90 Å². The van der Waals surface area contributed by atoms with Crippen molar-refractivity contribution in [2.75, 3.05) is 0 Å². The van der Waals surface area contributed by atoms with E-state index in [9.17, 15) is 13.2 Å². The standard InChI is InChI=1S/C12H14N4O3S2/c1-8-12(9(2)16(3)14-8)21(18,19)15-10(17)4-5-11-13-6-7-20-11/h4-7H,1-3H3,(H,15,17)/b5-4-. The Kier molecular flexibility index (Phi) is 4.24. The molecule has 0 bridgehead atoms. The number of hydrogen-bond donors (Lipinski definition) is 1. The number of aromatic nitrogens is 3. The summed E-state index contributed by atoms with van der Waals surface area (Å²) in [5, 5.41) is 6.41. The Hall–Kier alpha value is -2.00. The topological polar surface area (TPSA) is 94.0 Å². The van der Waals surface area contributed by atoms with E-state index < -0.39 is 15.9 Å². The second-order valence-electron chi connectivity index (χ2n) is 4.30. The van der Waals surface area contributed by atoms with Crippen molar-refractivity contribution in [2.45, 2.75) is 18.7 Å². The first-order chi connectivity index (χ1) is 9.81. The summed E-state index contributed by atoms with van der Waals surface area (Å²) in [6.45, 7) is 3.21. The number of amides is 1. The molecule has 0 radical (unpaired) electrons. The van der Waals surface area contributed by atoms with Gasteiger partial charge in [0.05, 0.1) is 11.4 Å². The molecule has 0 saturated heterocycles. The fourth-order valence-electron chi connectivity index (χ4n) is 1.82. The van der Waals surface area contributed by atoms with Crippen molar-refractivity contribution in [3.05, 3.63) is 34.0 Å². The molecule has 2 aromatic heterocycles. The normalized spacial score (nSPS) is 12.0. The smallest absolute Gasteiger partial charge is 0.267 e. The Labute approximate surface area is 126 Å². The minimum atomic E-state index is -3.94. The second kappa shape index (κ2) is 5.78. The Balaban J connectivity index is 2.20. The fourth-order valence-corrected chi connectivity index (χ4v) is 3.74. The summed E-state index contributed by atoms with van der Waals surface area (Å²) >= 11 is 1.35. The van der Waals surface area contributed by atoms with Gasteiger partial charge in [0.1, 0.15) is 9.90 Å². The Morgan fingerprint density at radius 2 is 2.14 bits per heavy atom. The molecule has 2 rings (SSSR count). The summed E-state index contributed by atoms with van der Waals surface area (Å²) in [6.07, 6.45) is 4.19. The van der Waals surface area contributed by atoms with Gasteiger partial charge in [-0.1, -0.05) is 0 Å². The molecule has 0 fully saturated rings. The molecule has 1 amide bonds. The van der Waals surface area contributed by atoms with Crippen molar-refractivity contribution in [3.8, 4) is 0 Å². The first-order valence-corrected chi connectivity index (χ1v) is 8.32. The van der Waals surface area contributed by atoms with E-state index in [1.165, 1.54) is 22.1 Å². The van der Waals surface area contributed by atoms with Gasteiger partial charge in [0, 0.05) is 24.7 Å². The van der Waals surface area contributed by atoms with Gasteiger partial charge >= 0.3 is 0 Å². The Bertz CT molecular complexity index is 789. The van der Waals surface area contributed by atoms with E-state index in [0.29, 0.717) is 16.4 Å². The van der Waals surface area contributed by atoms with Crippen LogP contribution in [0.4, 0.5) is 0 Å². The highest BCUT2D eigenvalue weighted by Gasteiger charge is 2.24. The van der Waals surface area contributed by atoms with Crippen LogP contribution < -0.4 is 4.72 Å². The molecular weight excluding hydrogens is 312 g/mol. The van der Waals surface area contributed by atoms with Crippen molar-refractivity contribution in [1.82, 2.24) is 19.5 Å². The number of carbonyl (C=O) groups excluding carboxylic acids is 1. The predicted molar refractivity (Wildman–Crippen MR) is 79.2 cm³/mol. The molecule has 0 aliphatic carbocycles. The van der Waals surface area contributed by atoms with Gasteiger partial charge in [-0.25, -0.2) is 18.1 Å². The van der Waals surface area contributed by atoms with Crippen LogP contribution in [0.5, 0.6) is 0 Å². The van der Waals surface area contributed by atoms with Crippen LogP contribution in [0.3, 0.4) is 0 Å². The number of carbonyl (C=O) groups is 1. The monoisotopic (exact) mass is 326 g/mol. The number of aryl methyl sites for hydroxylation is 2. The molecule has 0 saturated carbocycles. The van der Waals surface area contributed by atoms with Gasteiger partial charge in [-0.3, -0.25) is 9.48 Å². The number of hydrogen-bond acceptors (Lipinski definition) is 6. The predicted octanol–water partition coefficient (Wildman–Crippen LogP) is 1.01. The zero-order valence-corrected chi connectivity index (χ0v) is 13.3. The van der Waals surface area contributed by atoms with Crippen LogP contribution in [-0.4, -0.2) is 29.1 Å². The lowest BCUT2D eigenvalue weighted by Gasteiger charge is -2.05. The van der Waals surface area contributed by atoms with Gasteiger partial charge in [0.25, 0.3) is 15.9 Å². The number of nitrogens with zero attached hydrogens (tertiary/aromatic N) is 3. The average molecular weight is 326 g/mol. The summed E-state index contributed by atoms with van der Waals surface area (Å²) in [5.41, 5.74) is 0.816. The molecule has 9 heteroatoms. The fraction of sp³-hybridized carbons (Fsp3) is 0.250. The summed E-state index contributed by atoms with van der Waals surface area (Å²) < 4.78 is 27.9. The molecule has 1 N–H and O–H groups in total. The molecule has 21 heavy (non-hydrogen) atoms. The lowest BCUT2D eigenvalue weighted by atomic mass is 10.4. The second-order valence-corrected chi connectivity index (χ2v) is 6.84. The molecule has 0 unspecified atom stereocenters. The maximum absolute atomic E-state index is 12.2. The van der Waals surface area contributed by atoms with Crippen LogP contribution in [0, 0.1) is 13.8 Å². The summed E-state index contributed by atoms with van der Waals surface area (Å²) in [7, 11) is -2.30. The van der Waals surface area contributed by atoms with Crippen LogP contribution in [-0.2, 0) is 21.9 Å². The van der Waals surface area contributed by atoms with Crippen LogP contribution in [0.25, 0.3) is 6.08 Å². The maximum atomic E-state index is 12.2. The number of thiazole rings is 1. The quantitative estimate of drug-likeness (QED) is 0.846. The van der Waals surface area contributed by atoms with Gasteiger partial charge in [0.15, 0.2) is 0 Å². The van der Waals surface area contributed by atoms with Crippen LogP contribution in [0.1, 0.15) is 16.4 Å². The molecular formula is C12H14N4O3S2. The van der Waals surface area contributed by atoms with Crippen molar-refractivity contribution in [1.29, 1.82) is 0 Å². The maximum Gasteiger partial charge on any atom is 0.267 e. The molecule has 2 heterocycles. The van der Waals surface area contributed by atoms with E-state index in [1.54, 1.807) is 32.5 Å². The van der Waals surface area contributed by atoms with E-state index in [1.807, 2.05) is 4.72 Å². The largest absolute Gasteiger partial charge is 0.271 e. The summed E-state index contributed by atoms with van der Waals surface area (Å²) in [6, 6.07) is 0. The van der Waals surface area contributed by atoms with E-state index >= 15 is 0 Å². The Morgan fingerprint density at radius 3 is 2.67 bits per heavy atom. The summed E-state index contributed by atoms with van der Waals surface area (Å²) in [4.78, 5) is 15.7. The third-order valence-corrected chi connectivity index (χ3v) is 5.11. The van der Waals surface area contributed by atoms with Gasteiger partial charge in [0.2, 0.25) is 0 Å². The van der Waals surface area contributed by atoms with Crippen molar-refractivity contribution in [2.24, 2.45) is 7.05 Å². The number of rotatable bonds is 4. The molecule has 2 aromatic rings. The van der Waals surface area contributed by atoms with Crippen molar-refractivity contribution in [3.63, 3.8) is 0 Å². The molecule has 0 spiro atoms. The molecule has 112 valence electrons. The highest BCUT2D eigenvalue weighted by molar-refractivity contribution is 7.90. The highest BCUT2D eigenvalue weighted by Crippen LogP contribution is 2.18. The van der Waals surface area contributed by atoms with Crippen molar-refractivity contribution < 1.29 is 13.2 Å². The third-order valence-electron chi connectivity index (χ3n) is 2.78. The van der Waals surface area contributed by atoms with Crippen molar-refractivity contribution >= 4 is 33.3 Å². The van der Waals surface area contributed by atoms with Crippen LogP contribution in [0.2, 0.25) is 0 Å². The van der Waals surface area contributed by atoms with Gasteiger partial charge in [-0.2, -0.15) is 5.10 Å². The van der Waals surface area contributed by atoms with E-state index in [4.69, 9.17) is 0 Å².